The van der Waals surface area contributed by atoms with Gasteiger partial charge in [0.1, 0.15) is 0 Å². The van der Waals surface area contributed by atoms with Crippen molar-refractivity contribution in [3.05, 3.63) is 136 Å². The Morgan fingerprint density at radius 2 is 1.47 bits per heavy atom. The van der Waals surface area contributed by atoms with Crippen LogP contribution < -0.4 is 5.43 Å². The summed E-state index contributed by atoms with van der Waals surface area (Å²) in [5.41, 5.74) is 10.5. The first-order chi connectivity index (χ1) is 17.6. The molecule has 0 aliphatic rings. The van der Waals surface area contributed by atoms with E-state index in [1.54, 1.807) is 18.3 Å². The van der Waals surface area contributed by atoms with Gasteiger partial charge in [-0.3, -0.25) is 4.79 Å². The van der Waals surface area contributed by atoms with Gasteiger partial charge in [0.05, 0.1) is 17.6 Å². The Labute approximate surface area is 219 Å². The third-order valence-electron chi connectivity index (χ3n) is 5.90. The first kappa shape index (κ1) is 23.5. The van der Waals surface area contributed by atoms with Gasteiger partial charge in [0.2, 0.25) is 0 Å². The minimum atomic E-state index is -0.268. The number of hydrogen-bond donors (Lipinski definition) is 1. The maximum absolute atomic E-state index is 12.6. The SMILES string of the molecule is Cc1ccc(-n2c(-c3ccccc3)cc(/C=N/NC(=O)c3cccc(Br)c3)c2-c2ccccc2)cc1. The van der Waals surface area contributed by atoms with E-state index in [9.17, 15) is 4.79 Å². The van der Waals surface area contributed by atoms with Crippen LogP contribution in [-0.4, -0.2) is 16.7 Å². The first-order valence-electron chi connectivity index (χ1n) is 11.6. The number of aromatic nitrogens is 1. The predicted octanol–water partition coefficient (Wildman–Crippen LogP) is 7.65. The number of rotatable bonds is 6. The highest BCUT2D eigenvalue weighted by Gasteiger charge is 2.18. The van der Waals surface area contributed by atoms with Crippen LogP contribution in [0, 0.1) is 6.92 Å². The second-order valence-corrected chi connectivity index (χ2v) is 9.36. The molecule has 36 heavy (non-hydrogen) atoms. The molecule has 5 aromatic rings. The van der Waals surface area contributed by atoms with Crippen molar-refractivity contribution in [1.82, 2.24) is 9.99 Å². The van der Waals surface area contributed by atoms with Crippen LogP contribution in [0.3, 0.4) is 0 Å². The molecule has 0 atom stereocenters. The maximum atomic E-state index is 12.6. The van der Waals surface area contributed by atoms with Crippen LogP contribution >= 0.6 is 15.9 Å². The number of amides is 1. The zero-order chi connectivity index (χ0) is 24.9. The van der Waals surface area contributed by atoms with Crippen molar-refractivity contribution in [3.8, 4) is 28.2 Å². The highest BCUT2D eigenvalue weighted by atomic mass is 79.9. The molecule has 4 aromatic carbocycles. The van der Waals surface area contributed by atoms with Crippen LogP contribution in [0.1, 0.15) is 21.5 Å². The second-order valence-electron chi connectivity index (χ2n) is 8.45. The molecule has 1 aromatic heterocycles. The number of hydrogen-bond acceptors (Lipinski definition) is 2. The molecule has 5 rings (SSSR count). The van der Waals surface area contributed by atoms with Crippen molar-refractivity contribution >= 4 is 28.1 Å². The summed E-state index contributed by atoms with van der Waals surface area (Å²) in [5, 5.41) is 4.34. The molecule has 0 saturated heterocycles. The van der Waals surface area contributed by atoms with E-state index in [1.165, 1.54) is 5.56 Å². The zero-order valence-corrected chi connectivity index (χ0v) is 21.3. The van der Waals surface area contributed by atoms with Crippen LogP contribution in [0.5, 0.6) is 0 Å². The molecule has 0 radical (unpaired) electrons. The number of carbonyl (C=O) groups is 1. The fraction of sp³-hybridized carbons (Fsp3) is 0.0323. The van der Waals surface area contributed by atoms with Crippen molar-refractivity contribution in [1.29, 1.82) is 0 Å². The number of nitrogens with one attached hydrogen (secondary N) is 1. The van der Waals surface area contributed by atoms with E-state index >= 15 is 0 Å². The molecule has 0 unspecified atom stereocenters. The van der Waals surface area contributed by atoms with E-state index in [2.05, 4.69) is 92.5 Å². The molecule has 176 valence electrons. The van der Waals surface area contributed by atoms with Crippen molar-refractivity contribution in [2.24, 2.45) is 5.10 Å². The molecule has 5 heteroatoms. The smallest absolute Gasteiger partial charge is 0.271 e. The van der Waals surface area contributed by atoms with Crippen LogP contribution in [0.2, 0.25) is 0 Å². The summed E-state index contributed by atoms with van der Waals surface area (Å²) in [6, 6.07) is 38.4. The minimum Gasteiger partial charge on any atom is -0.309 e. The summed E-state index contributed by atoms with van der Waals surface area (Å²) in [6.07, 6.45) is 1.72. The summed E-state index contributed by atoms with van der Waals surface area (Å²) >= 11 is 3.41. The van der Waals surface area contributed by atoms with E-state index < -0.39 is 0 Å². The molecule has 0 fully saturated rings. The van der Waals surface area contributed by atoms with Gasteiger partial charge in [0, 0.05) is 21.3 Å². The maximum Gasteiger partial charge on any atom is 0.271 e. The lowest BCUT2D eigenvalue weighted by molar-refractivity contribution is 0.0955. The van der Waals surface area contributed by atoms with Gasteiger partial charge < -0.3 is 4.57 Å². The Hall–Kier alpha value is -4.22. The van der Waals surface area contributed by atoms with Gasteiger partial charge in [-0.05, 0) is 54.4 Å². The monoisotopic (exact) mass is 533 g/mol. The van der Waals surface area contributed by atoms with Crippen LogP contribution in [0.25, 0.3) is 28.2 Å². The number of benzene rings is 4. The number of hydrazone groups is 1. The average Bonchev–Trinajstić information content (AvgIpc) is 3.29. The average molecular weight is 534 g/mol. The number of aryl methyl sites for hydroxylation is 1. The number of halogens is 1. The second kappa shape index (κ2) is 10.6. The highest BCUT2D eigenvalue weighted by Crippen LogP contribution is 2.35. The van der Waals surface area contributed by atoms with Gasteiger partial charge >= 0.3 is 0 Å². The molecule has 0 spiro atoms. The quantitative estimate of drug-likeness (QED) is 0.177. The zero-order valence-electron chi connectivity index (χ0n) is 19.7. The van der Waals surface area contributed by atoms with E-state index in [0.717, 1.165) is 38.2 Å². The van der Waals surface area contributed by atoms with Gasteiger partial charge in [-0.1, -0.05) is 100 Å². The van der Waals surface area contributed by atoms with Gasteiger partial charge in [-0.15, -0.1) is 0 Å². The molecule has 1 N–H and O–H groups in total. The van der Waals surface area contributed by atoms with E-state index in [4.69, 9.17) is 0 Å². The summed E-state index contributed by atoms with van der Waals surface area (Å²) in [5.74, 6) is -0.268. The van der Waals surface area contributed by atoms with E-state index in [1.807, 2.05) is 48.5 Å². The molecular weight excluding hydrogens is 510 g/mol. The van der Waals surface area contributed by atoms with Crippen molar-refractivity contribution in [2.45, 2.75) is 6.92 Å². The molecule has 0 bridgehead atoms. The third kappa shape index (κ3) is 5.07. The molecule has 1 amide bonds. The predicted molar refractivity (Wildman–Crippen MR) is 151 cm³/mol. The lowest BCUT2D eigenvalue weighted by atomic mass is 10.1. The van der Waals surface area contributed by atoms with Crippen LogP contribution in [-0.2, 0) is 0 Å². The summed E-state index contributed by atoms with van der Waals surface area (Å²) in [6.45, 7) is 2.09. The Kier molecular flexibility index (Phi) is 6.92. The van der Waals surface area contributed by atoms with Gasteiger partial charge in [0.25, 0.3) is 5.91 Å². The minimum absolute atomic E-state index is 0.268. The summed E-state index contributed by atoms with van der Waals surface area (Å²) in [7, 11) is 0. The van der Waals surface area contributed by atoms with Crippen LogP contribution in [0.15, 0.2) is 125 Å². The number of nitrogens with zero attached hydrogens (tertiary/aromatic N) is 2. The fourth-order valence-corrected chi connectivity index (χ4v) is 4.56. The van der Waals surface area contributed by atoms with Crippen LogP contribution in [0.4, 0.5) is 0 Å². The normalized spacial score (nSPS) is 11.1. The Morgan fingerprint density at radius 1 is 0.806 bits per heavy atom. The summed E-state index contributed by atoms with van der Waals surface area (Å²) in [4.78, 5) is 12.6. The molecule has 0 saturated carbocycles. The Balaban J connectivity index is 1.63. The topological polar surface area (TPSA) is 46.4 Å². The van der Waals surface area contributed by atoms with E-state index in [-0.39, 0.29) is 5.91 Å². The third-order valence-corrected chi connectivity index (χ3v) is 6.39. The fourth-order valence-electron chi connectivity index (χ4n) is 4.16. The molecule has 0 aliphatic heterocycles. The lowest BCUT2D eigenvalue weighted by Gasteiger charge is -2.15. The lowest BCUT2D eigenvalue weighted by Crippen LogP contribution is -2.17. The molecule has 1 heterocycles. The summed E-state index contributed by atoms with van der Waals surface area (Å²) < 4.78 is 3.09. The molecule has 0 aliphatic carbocycles. The van der Waals surface area contributed by atoms with Crippen molar-refractivity contribution in [3.63, 3.8) is 0 Å². The standard InChI is InChI=1S/C31H24BrN3O/c1-22-15-17-28(18-16-22)35-29(23-9-4-2-5-10-23)20-26(30(35)24-11-6-3-7-12-24)21-33-34-31(36)25-13-8-14-27(32)19-25/h2-21H,1H3,(H,34,36)/b33-21+. The first-order valence-corrected chi connectivity index (χ1v) is 12.4. The number of carbonyl (C=O) groups excluding carboxylic acids is 1. The Bertz CT molecular complexity index is 1520. The largest absolute Gasteiger partial charge is 0.309 e. The Morgan fingerprint density at radius 3 is 2.14 bits per heavy atom. The van der Waals surface area contributed by atoms with Crippen molar-refractivity contribution < 1.29 is 4.79 Å². The van der Waals surface area contributed by atoms with Gasteiger partial charge in [-0.2, -0.15) is 5.10 Å². The highest BCUT2D eigenvalue weighted by molar-refractivity contribution is 9.10. The van der Waals surface area contributed by atoms with Gasteiger partial charge in [-0.25, -0.2) is 5.43 Å². The van der Waals surface area contributed by atoms with Crippen molar-refractivity contribution in [2.75, 3.05) is 0 Å². The molecular formula is C31H24BrN3O. The van der Waals surface area contributed by atoms with Gasteiger partial charge in [0.15, 0.2) is 0 Å². The van der Waals surface area contributed by atoms with E-state index in [0.29, 0.717) is 5.56 Å². The molecule has 4 nitrogen and oxygen atoms in total.